The molecule has 2 saturated heterocycles. The third kappa shape index (κ3) is 4.94. The first kappa shape index (κ1) is 27.3. The van der Waals surface area contributed by atoms with E-state index in [1.165, 1.54) is 5.39 Å². The fourth-order valence-corrected chi connectivity index (χ4v) is 10.1. The number of fused-ring (bicyclic) bond motifs is 3. The van der Waals surface area contributed by atoms with Crippen molar-refractivity contribution >= 4 is 50.5 Å². The van der Waals surface area contributed by atoms with E-state index in [9.17, 15) is 9.82 Å². The van der Waals surface area contributed by atoms with Crippen LogP contribution in [0.25, 0.3) is 44.2 Å². The summed E-state index contributed by atoms with van der Waals surface area (Å²) in [7, 11) is -1.41. The van der Waals surface area contributed by atoms with Crippen molar-refractivity contribution in [2.75, 3.05) is 12.7 Å². The van der Waals surface area contributed by atoms with Crippen molar-refractivity contribution in [2.45, 2.75) is 50.9 Å². The number of carbonyl (C=O) groups excluding carboxylic acids is 1. The first-order valence-corrected chi connectivity index (χ1v) is 18.4. The average Bonchev–Trinajstić information content (AvgIpc) is 3.78. The van der Waals surface area contributed by atoms with Gasteiger partial charge in [0.25, 0.3) is 7.41 Å². The van der Waals surface area contributed by atoms with Crippen LogP contribution < -0.4 is 0 Å². The van der Waals surface area contributed by atoms with Gasteiger partial charge in [0.2, 0.25) is 0 Å². The van der Waals surface area contributed by atoms with Gasteiger partial charge in [-0.05, 0) is 72.6 Å². The molecule has 2 atom stereocenters. The Morgan fingerprint density at radius 3 is 2.60 bits per heavy atom. The molecule has 11 heteroatoms. The second-order valence-electron chi connectivity index (χ2n) is 12.8. The lowest BCUT2D eigenvalue weighted by Crippen LogP contribution is -2.40. The number of hydrogen-bond acceptors (Lipinski definition) is 6. The summed E-state index contributed by atoms with van der Waals surface area (Å²) < 4.78 is 0. The minimum atomic E-state index is -1.39. The van der Waals surface area contributed by atoms with E-state index in [2.05, 4.69) is 87.3 Å². The summed E-state index contributed by atoms with van der Waals surface area (Å²) >= 11 is 0. The van der Waals surface area contributed by atoms with Crippen LogP contribution in [0.5, 0.6) is 0 Å². The molecule has 2 aliphatic rings. The molecular weight excluding hydrogens is 538 g/mol. The van der Waals surface area contributed by atoms with Crippen LogP contribution in [0, 0.1) is 0 Å². The summed E-state index contributed by atoms with van der Waals surface area (Å²) in [6.07, 6.45) is 6.00. The van der Waals surface area contributed by atoms with E-state index < -0.39 is 15.1 Å². The van der Waals surface area contributed by atoms with Crippen molar-refractivity contribution < 1.29 is 9.82 Å². The molecule has 0 radical (unpaired) electrons. The van der Waals surface area contributed by atoms with Crippen LogP contribution in [-0.4, -0.2) is 76.0 Å². The normalized spacial score (nSPS) is 21.0. The van der Waals surface area contributed by atoms with Crippen molar-refractivity contribution in [3.05, 3.63) is 72.4 Å². The van der Waals surface area contributed by atoms with Crippen molar-refractivity contribution in [3.63, 3.8) is 0 Å². The smallest absolute Gasteiger partial charge is 0.376 e. The molecule has 3 aromatic carbocycles. The van der Waals surface area contributed by atoms with Gasteiger partial charge in [0, 0.05) is 5.39 Å². The minimum absolute atomic E-state index is 0.142. The summed E-state index contributed by atoms with van der Waals surface area (Å²) in [6.45, 7) is 7.56. The quantitative estimate of drug-likeness (QED) is 0.183. The number of aromatic nitrogens is 4. The van der Waals surface area contributed by atoms with Crippen molar-refractivity contribution in [1.29, 1.82) is 0 Å². The number of rotatable bonds is 7. The molecule has 0 amide bonds. The predicted molar refractivity (Wildman–Crippen MR) is 175 cm³/mol. The molecule has 42 heavy (non-hydrogen) atoms. The molecule has 0 saturated carbocycles. The Bertz CT molecular complexity index is 1770. The number of benzene rings is 3. The van der Waals surface area contributed by atoms with Crippen LogP contribution in [0.15, 0.2) is 60.8 Å². The molecule has 4 heterocycles. The summed E-state index contributed by atoms with van der Waals surface area (Å²) in [6, 6.07) is 20.9. The Kier molecular flexibility index (Phi) is 6.93. The summed E-state index contributed by atoms with van der Waals surface area (Å²) in [5, 5.41) is 12.7. The van der Waals surface area contributed by atoms with Gasteiger partial charge in [-0.3, -0.25) is 0 Å². The Labute approximate surface area is 248 Å². The number of nitrogens with zero attached hydrogens (tertiary/aromatic N) is 4. The van der Waals surface area contributed by atoms with E-state index in [1.54, 1.807) is 0 Å². The predicted octanol–water partition coefficient (Wildman–Crippen LogP) is 5.17. The molecule has 8 nitrogen and oxygen atoms in total. The first-order chi connectivity index (χ1) is 20.3. The maximum absolute atomic E-state index is 11.1. The van der Waals surface area contributed by atoms with Crippen LogP contribution in [0.4, 0.5) is 0 Å². The van der Waals surface area contributed by atoms with E-state index in [1.807, 2.05) is 13.0 Å². The Morgan fingerprint density at radius 2 is 1.81 bits per heavy atom. The zero-order valence-corrected chi connectivity index (χ0v) is 25.5. The highest BCUT2D eigenvalue weighted by Crippen LogP contribution is 2.38. The van der Waals surface area contributed by atoms with Crippen LogP contribution in [0.2, 0.25) is 26.0 Å². The molecule has 2 aliphatic heterocycles. The van der Waals surface area contributed by atoms with Gasteiger partial charge >= 0.3 is 7.05 Å². The standard InChI is InChI=1S/C31H36B2N6O2Si/c1-33(41)39-19-42(2,3)17-28(39)30-34-16-26(36-30)21-8-6-20(7-9-21)22-10-12-24-23(15-22)11-13-25-29(24)37-31(35-25)27-5-4-14-38(27)32-18-40/h6-13,15-16,18,27-28,32,41H,4-5,14,17,19H2,1-3H3,(H,34,36)(H,35,37)/t27-,28-/m0/s1. The minimum Gasteiger partial charge on any atom is -0.437 e. The molecule has 3 N–H and O–H groups in total. The van der Waals surface area contributed by atoms with Gasteiger partial charge in [0.05, 0.1) is 49.3 Å². The molecule has 0 aliphatic carbocycles. The maximum atomic E-state index is 11.1. The monoisotopic (exact) mass is 574 g/mol. The number of imidazole rings is 2. The van der Waals surface area contributed by atoms with Gasteiger partial charge in [0.15, 0.2) is 0 Å². The highest BCUT2D eigenvalue weighted by Gasteiger charge is 2.43. The second kappa shape index (κ2) is 10.6. The van der Waals surface area contributed by atoms with Crippen LogP contribution in [0.1, 0.15) is 36.6 Å². The summed E-state index contributed by atoms with van der Waals surface area (Å²) in [5.74, 6) is 1.90. The topological polar surface area (TPSA) is 101 Å². The summed E-state index contributed by atoms with van der Waals surface area (Å²) in [4.78, 5) is 32.3. The lowest BCUT2D eigenvalue weighted by Gasteiger charge is -2.23. The average molecular weight is 574 g/mol. The number of H-pyrrole nitrogens is 2. The molecule has 2 fully saturated rings. The lowest BCUT2D eigenvalue weighted by atomic mass is 9.84. The second-order valence-corrected chi connectivity index (χ2v) is 17.8. The first-order valence-electron chi connectivity index (χ1n) is 15.0. The number of hydrogen-bond donors (Lipinski definition) is 3. The van der Waals surface area contributed by atoms with E-state index >= 15 is 0 Å². The van der Waals surface area contributed by atoms with Crippen molar-refractivity contribution in [3.8, 4) is 22.4 Å². The van der Waals surface area contributed by atoms with Gasteiger partial charge < -0.3 is 29.4 Å². The number of aromatic amines is 2. The Hall–Kier alpha value is -3.50. The van der Waals surface area contributed by atoms with Crippen LogP contribution >= 0.6 is 0 Å². The van der Waals surface area contributed by atoms with E-state index in [-0.39, 0.29) is 12.1 Å². The maximum Gasteiger partial charge on any atom is 0.376 e. The van der Waals surface area contributed by atoms with E-state index in [0.29, 0.717) is 7.41 Å². The van der Waals surface area contributed by atoms with Gasteiger partial charge in [-0.2, -0.15) is 0 Å². The zero-order chi connectivity index (χ0) is 29.0. The van der Waals surface area contributed by atoms with Crippen LogP contribution in [-0.2, 0) is 4.79 Å². The van der Waals surface area contributed by atoms with Gasteiger partial charge in [-0.25, -0.2) is 9.97 Å². The summed E-state index contributed by atoms with van der Waals surface area (Å²) in [5.41, 5.74) is 6.44. The van der Waals surface area contributed by atoms with Crippen molar-refractivity contribution in [2.24, 2.45) is 0 Å². The highest BCUT2D eigenvalue weighted by molar-refractivity contribution is 6.79. The van der Waals surface area contributed by atoms with Crippen LogP contribution in [0.3, 0.4) is 0 Å². The van der Waals surface area contributed by atoms with E-state index in [0.717, 1.165) is 88.2 Å². The fourth-order valence-electron chi connectivity index (χ4n) is 7.07. The van der Waals surface area contributed by atoms with E-state index in [4.69, 9.17) is 9.97 Å². The Balaban J connectivity index is 1.13. The number of carbonyl (C=O) groups is 1. The molecule has 0 spiro atoms. The highest BCUT2D eigenvalue weighted by atomic mass is 28.3. The fraction of sp³-hybridized carbons (Fsp3) is 0.323. The zero-order valence-electron chi connectivity index (χ0n) is 24.5. The third-order valence-corrected chi connectivity index (χ3v) is 11.9. The largest absolute Gasteiger partial charge is 0.437 e. The molecule has 0 unspecified atom stereocenters. The molecule has 2 aromatic heterocycles. The van der Waals surface area contributed by atoms with Gasteiger partial charge in [0.1, 0.15) is 11.6 Å². The SMILES string of the molecule is CB(O)N1C[Si](C)(C)C[C@H]1c1ncc(-c2ccc(-c3ccc4c(ccc5nc([C@@H]6CCCN6BC=O)[nH]c54)c3)cc2)[nH]1. The van der Waals surface area contributed by atoms with Crippen molar-refractivity contribution in [1.82, 2.24) is 29.6 Å². The third-order valence-electron chi connectivity index (χ3n) is 9.16. The molecule has 0 bridgehead atoms. The van der Waals surface area contributed by atoms with Gasteiger partial charge in [-0.15, -0.1) is 0 Å². The molecule has 5 aromatic rings. The molecular formula is C31H36B2N6O2Si. The Morgan fingerprint density at radius 1 is 1.02 bits per heavy atom. The van der Waals surface area contributed by atoms with Gasteiger partial charge in [-0.1, -0.05) is 55.6 Å². The number of nitrogens with one attached hydrogen (secondary N) is 2. The lowest BCUT2D eigenvalue weighted by molar-refractivity contribution is 0.350. The molecule has 212 valence electrons. The molecule has 7 rings (SSSR count).